The van der Waals surface area contributed by atoms with E-state index in [-0.39, 0.29) is 12.0 Å². The summed E-state index contributed by atoms with van der Waals surface area (Å²) in [5.74, 6) is -0.800. The molecule has 0 aromatic carbocycles. The lowest BCUT2D eigenvalue weighted by Gasteiger charge is -2.26. The number of rotatable bonds is 1. The van der Waals surface area contributed by atoms with Gasteiger partial charge in [0.1, 0.15) is 5.60 Å². The van der Waals surface area contributed by atoms with Gasteiger partial charge in [-0.25, -0.2) is 4.79 Å². The monoisotopic (exact) mass is 241 g/mol. The number of hydrogen-bond donors (Lipinski definition) is 1. The molecule has 1 N–H and O–H groups in total. The quantitative estimate of drug-likeness (QED) is 0.759. The lowest BCUT2D eigenvalue weighted by molar-refractivity contribution is -0.144. The molecule has 5 nitrogen and oxygen atoms in total. The number of carbonyl (C=O) groups excluding carboxylic acids is 1. The predicted octanol–water partition coefficient (Wildman–Crippen LogP) is 1.72. The van der Waals surface area contributed by atoms with Crippen molar-refractivity contribution in [2.24, 2.45) is 10.8 Å². The van der Waals surface area contributed by atoms with Gasteiger partial charge in [0, 0.05) is 18.5 Å². The first-order chi connectivity index (χ1) is 7.60. The molecule has 5 heteroatoms. The molecule has 1 saturated heterocycles. The Hall–Kier alpha value is -1.26. The van der Waals surface area contributed by atoms with Crippen LogP contribution in [0.15, 0.2) is 0 Å². The number of carbonyl (C=O) groups is 2. The van der Waals surface area contributed by atoms with Gasteiger partial charge in [-0.1, -0.05) is 6.92 Å². The molecule has 17 heavy (non-hydrogen) atoms. The molecule has 2 fully saturated rings. The van der Waals surface area contributed by atoms with Crippen LogP contribution in [0.2, 0.25) is 0 Å². The molecule has 2 rings (SSSR count). The molecule has 1 aliphatic carbocycles. The fourth-order valence-electron chi connectivity index (χ4n) is 2.74. The Labute approximate surface area is 101 Å². The second-order valence-electron chi connectivity index (χ2n) is 6.46. The average molecular weight is 241 g/mol. The van der Waals surface area contributed by atoms with Crippen LogP contribution >= 0.6 is 0 Å². The number of aliphatic carboxylic acids is 1. The van der Waals surface area contributed by atoms with Crippen molar-refractivity contribution in [3.63, 3.8) is 0 Å². The lowest BCUT2D eigenvalue weighted by atomic mass is 9.99. The van der Waals surface area contributed by atoms with Gasteiger partial charge in [0.05, 0.1) is 5.41 Å². The van der Waals surface area contributed by atoms with Crippen LogP contribution in [0.3, 0.4) is 0 Å². The average Bonchev–Trinajstić information content (AvgIpc) is 2.58. The van der Waals surface area contributed by atoms with E-state index in [9.17, 15) is 14.7 Å². The van der Waals surface area contributed by atoms with Crippen LogP contribution in [-0.4, -0.2) is 40.8 Å². The van der Waals surface area contributed by atoms with Gasteiger partial charge in [-0.3, -0.25) is 4.79 Å². The van der Waals surface area contributed by atoms with E-state index in [0.29, 0.717) is 13.0 Å². The van der Waals surface area contributed by atoms with Gasteiger partial charge in [-0.2, -0.15) is 0 Å². The maximum atomic E-state index is 11.8. The maximum Gasteiger partial charge on any atom is 0.410 e. The Morgan fingerprint density at radius 2 is 1.88 bits per heavy atom. The number of ether oxygens (including phenoxy) is 1. The molecule has 1 aliphatic heterocycles. The fourth-order valence-corrected chi connectivity index (χ4v) is 2.74. The third-order valence-corrected chi connectivity index (χ3v) is 3.78. The van der Waals surface area contributed by atoms with Gasteiger partial charge < -0.3 is 14.7 Å². The van der Waals surface area contributed by atoms with Gasteiger partial charge in [-0.15, -0.1) is 0 Å². The molecule has 0 unspecified atom stereocenters. The first kappa shape index (κ1) is 12.2. The van der Waals surface area contributed by atoms with Crippen molar-refractivity contribution >= 4 is 12.1 Å². The standard InChI is InChI=1S/C12H19NO4/c1-10(2,3)17-9(16)13-6-11(4)5-12(11,7-13)8(14)15/h5-7H2,1-4H3,(H,14,15)/t11-,12+/m0/s1. The minimum Gasteiger partial charge on any atom is -0.481 e. The SMILES string of the molecule is CC(C)(C)OC(=O)N1C[C@]2(C)C[C@]2(C(=O)O)C1. The highest BCUT2D eigenvalue weighted by atomic mass is 16.6. The van der Waals surface area contributed by atoms with Gasteiger partial charge in [0.25, 0.3) is 0 Å². The van der Waals surface area contributed by atoms with E-state index in [1.165, 1.54) is 4.90 Å². The molecule has 0 bridgehead atoms. The smallest absolute Gasteiger partial charge is 0.410 e. The highest BCUT2D eigenvalue weighted by Crippen LogP contribution is 2.68. The summed E-state index contributed by atoms with van der Waals surface area (Å²) in [7, 11) is 0. The summed E-state index contributed by atoms with van der Waals surface area (Å²) in [6.07, 6.45) is 0.251. The normalized spacial score (nSPS) is 35.4. The zero-order chi connectivity index (χ0) is 13.1. The summed E-state index contributed by atoms with van der Waals surface area (Å²) in [5, 5.41) is 9.23. The number of fused-ring (bicyclic) bond motifs is 1. The van der Waals surface area contributed by atoms with E-state index in [1.54, 1.807) is 20.8 Å². The number of carboxylic acids is 1. The molecule has 2 atom stereocenters. The number of hydrogen-bond acceptors (Lipinski definition) is 3. The number of likely N-dealkylation sites (tertiary alicyclic amines) is 1. The van der Waals surface area contributed by atoms with Gasteiger partial charge in [-0.05, 0) is 27.2 Å². The van der Waals surface area contributed by atoms with E-state index in [4.69, 9.17) is 4.74 Å². The Kier molecular flexibility index (Phi) is 2.26. The second-order valence-corrected chi connectivity index (χ2v) is 6.46. The molecule has 0 aromatic rings. The zero-order valence-corrected chi connectivity index (χ0v) is 10.7. The highest BCUT2D eigenvalue weighted by molar-refractivity contribution is 5.83. The summed E-state index contributed by atoms with van der Waals surface area (Å²) in [6, 6.07) is 0. The summed E-state index contributed by atoms with van der Waals surface area (Å²) in [4.78, 5) is 24.6. The topological polar surface area (TPSA) is 66.8 Å². The minimum atomic E-state index is -0.800. The van der Waals surface area contributed by atoms with E-state index in [1.807, 2.05) is 6.92 Å². The van der Waals surface area contributed by atoms with Crippen molar-refractivity contribution in [3.8, 4) is 0 Å². The molecule has 2 aliphatic rings. The predicted molar refractivity (Wildman–Crippen MR) is 60.6 cm³/mol. The molecule has 0 spiro atoms. The highest BCUT2D eigenvalue weighted by Gasteiger charge is 2.74. The van der Waals surface area contributed by atoms with Gasteiger partial charge in [0.2, 0.25) is 0 Å². The fraction of sp³-hybridized carbons (Fsp3) is 0.833. The lowest BCUT2D eigenvalue weighted by Crippen LogP contribution is -2.38. The first-order valence-electron chi connectivity index (χ1n) is 5.81. The molecule has 1 heterocycles. The third-order valence-electron chi connectivity index (χ3n) is 3.78. The van der Waals surface area contributed by atoms with Crippen LogP contribution in [0.1, 0.15) is 34.1 Å². The van der Waals surface area contributed by atoms with Crippen LogP contribution < -0.4 is 0 Å². The van der Waals surface area contributed by atoms with Crippen LogP contribution in [-0.2, 0) is 9.53 Å². The van der Waals surface area contributed by atoms with Crippen LogP contribution in [0.4, 0.5) is 4.79 Å². The van der Waals surface area contributed by atoms with Crippen LogP contribution in [0, 0.1) is 10.8 Å². The van der Waals surface area contributed by atoms with Crippen molar-refractivity contribution in [2.45, 2.75) is 39.7 Å². The van der Waals surface area contributed by atoms with Crippen LogP contribution in [0.25, 0.3) is 0 Å². The Morgan fingerprint density at radius 3 is 2.29 bits per heavy atom. The summed E-state index contributed by atoms with van der Waals surface area (Å²) in [6.45, 7) is 8.08. The summed E-state index contributed by atoms with van der Waals surface area (Å²) >= 11 is 0. The minimum absolute atomic E-state index is 0.268. The molecule has 0 radical (unpaired) electrons. The van der Waals surface area contributed by atoms with E-state index >= 15 is 0 Å². The molecule has 1 amide bonds. The van der Waals surface area contributed by atoms with Crippen LogP contribution in [0.5, 0.6) is 0 Å². The Balaban J connectivity index is 2.05. The summed E-state index contributed by atoms with van der Waals surface area (Å²) in [5.41, 5.74) is -1.54. The maximum absolute atomic E-state index is 11.8. The second kappa shape index (κ2) is 3.15. The number of carboxylic acid groups (broad SMARTS) is 1. The van der Waals surface area contributed by atoms with Crippen molar-refractivity contribution in [1.29, 1.82) is 0 Å². The van der Waals surface area contributed by atoms with E-state index in [0.717, 1.165) is 0 Å². The molecular formula is C12H19NO4. The summed E-state index contributed by atoms with van der Waals surface area (Å²) < 4.78 is 5.25. The van der Waals surface area contributed by atoms with Crippen molar-refractivity contribution in [1.82, 2.24) is 4.90 Å². The number of piperidine rings is 1. The van der Waals surface area contributed by atoms with Crippen molar-refractivity contribution < 1.29 is 19.4 Å². The van der Waals surface area contributed by atoms with E-state index in [2.05, 4.69) is 0 Å². The largest absolute Gasteiger partial charge is 0.481 e. The third kappa shape index (κ3) is 1.77. The van der Waals surface area contributed by atoms with Gasteiger partial charge in [0.15, 0.2) is 0 Å². The van der Waals surface area contributed by atoms with Crippen molar-refractivity contribution in [2.75, 3.05) is 13.1 Å². The first-order valence-corrected chi connectivity index (χ1v) is 5.81. The molecule has 1 saturated carbocycles. The Bertz CT molecular complexity index is 386. The number of amides is 1. The molecule has 96 valence electrons. The van der Waals surface area contributed by atoms with Crippen molar-refractivity contribution in [3.05, 3.63) is 0 Å². The Morgan fingerprint density at radius 1 is 1.29 bits per heavy atom. The van der Waals surface area contributed by atoms with E-state index < -0.39 is 23.1 Å². The van der Waals surface area contributed by atoms with Gasteiger partial charge >= 0.3 is 12.1 Å². The zero-order valence-electron chi connectivity index (χ0n) is 10.7. The number of nitrogens with zero attached hydrogens (tertiary/aromatic N) is 1. The molecular weight excluding hydrogens is 222 g/mol. The molecule has 0 aromatic heterocycles.